The highest BCUT2D eigenvalue weighted by Gasteiger charge is 2.16. The summed E-state index contributed by atoms with van der Waals surface area (Å²) >= 11 is 0. The highest BCUT2D eigenvalue weighted by molar-refractivity contribution is 5.32. The molecule has 0 saturated heterocycles. The number of benzene rings is 2. The predicted octanol–water partition coefficient (Wildman–Crippen LogP) is 4.23. The van der Waals surface area contributed by atoms with Crippen molar-refractivity contribution in [1.82, 2.24) is 10.9 Å². The molecule has 1 heterocycles. The van der Waals surface area contributed by atoms with Gasteiger partial charge in [-0.2, -0.15) is 0 Å². The van der Waals surface area contributed by atoms with Crippen molar-refractivity contribution in [3.63, 3.8) is 0 Å². The SMILES string of the molecule is CC(C)C1=C(Cc2ccc(OCCCOCc3ccccc3)cc2)CNN1. The van der Waals surface area contributed by atoms with Crippen molar-refractivity contribution in [3.05, 3.63) is 77.0 Å². The third-order valence-corrected chi connectivity index (χ3v) is 4.64. The largest absolute Gasteiger partial charge is 0.494 e. The van der Waals surface area contributed by atoms with Gasteiger partial charge in [-0.1, -0.05) is 56.3 Å². The zero-order chi connectivity index (χ0) is 18.9. The highest BCUT2D eigenvalue weighted by Crippen LogP contribution is 2.20. The molecule has 2 N–H and O–H groups in total. The van der Waals surface area contributed by atoms with E-state index in [0.717, 1.165) is 25.1 Å². The summed E-state index contributed by atoms with van der Waals surface area (Å²) in [5, 5.41) is 0. The average Bonchev–Trinajstić information content (AvgIpc) is 3.15. The van der Waals surface area contributed by atoms with Crippen molar-refractivity contribution in [3.8, 4) is 5.75 Å². The number of hydrogen-bond acceptors (Lipinski definition) is 4. The Hall–Kier alpha value is -2.30. The van der Waals surface area contributed by atoms with Crippen molar-refractivity contribution < 1.29 is 9.47 Å². The topological polar surface area (TPSA) is 42.5 Å². The van der Waals surface area contributed by atoms with E-state index in [1.54, 1.807) is 0 Å². The van der Waals surface area contributed by atoms with Crippen molar-refractivity contribution in [2.75, 3.05) is 19.8 Å². The van der Waals surface area contributed by atoms with Crippen LogP contribution in [0.25, 0.3) is 0 Å². The first-order valence-corrected chi connectivity index (χ1v) is 9.76. The average molecular weight is 367 g/mol. The van der Waals surface area contributed by atoms with E-state index in [9.17, 15) is 0 Å². The molecule has 0 unspecified atom stereocenters. The molecular formula is C23H30N2O2. The van der Waals surface area contributed by atoms with E-state index in [0.29, 0.717) is 25.7 Å². The summed E-state index contributed by atoms with van der Waals surface area (Å²) < 4.78 is 11.5. The summed E-state index contributed by atoms with van der Waals surface area (Å²) in [7, 11) is 0. The summed E-state index contributed by atoms with van der Waals surface area (Å²) in [6, 6.07) is 18.7. The lowest BCUT2D eigenvalue weighted by molar-refractivity contribution is 0.107. The van der Waals surface area contributed by atoms with Gasteiger partial charge in [-0.25, -0.2) is 5.43 Å². The first kappa shape index (κ1) is 19.5. The molecule has 2 aromatic rings. The van der Waals surface area contributed by atoms with Gasteiger partial charge in [0.2, 0.25) is 0 Å². The van der Waals surface area contributed by atoms with E-state index in [2.05, 4.69) is 61.1 Å². The summed E-state index contributed by atoms with van der Waals surface area (Å²) in [5.41, 5.74) is 11.8. The fourth-order valence-electron chi connectivity index (χ4n) is 3.21. The summed E-state index contributed by atoms with van der Waals surface area (Å²) in [5.74, 6) is 1.43. The first-order valence-electron chi connectivity index (χ1n) is 9.76. The Kier molecular flexibility index (Phi) is 7.31. The van der Waals surface area contributed by atoms with Gasteiger partial charge >= 0.3 is 0 Å². The maximum atomic E-state index is 5.83. The minimum Gasteiger partial charge on any atom is -0.494 e. The maximum Gasteiger partial charge on any atom is 0.119 e. The number of allylic oxidation sites excluding steroid dienone is 1. The molecule has 0 atom stereocenters. The summed E-state index contributed by atoms with van der Waals surface area (Å²) in [6.45, 7) is 7.39. The molecule has 3 rings (SSSR count). The van der Waals surface area contributed by atoms with Crippen molar-refractivity contribution in [1.29, 1.82) is 0 Å². The Morgan fingerprint density at radius 2 is 1.70 bits per heavy atom. The molecule has 1 aliphatic heterocycles. The minimum absolute atomic E-state index is 0.515. The van der Waals surface area contributed by atoms with Crippen molar-refractivity contribution in [2.24, 2.45) is 5.92 Å². The zero-order valence-corrected chi connectivity index (χ0v) is 16.3. The van der Waals surface area contributed by atoms with Crippen LogP contribution in [0.5, 0.6) is 5.75 Å². The van der Waals surface area contributed by atoms with Crippen molar-refractivity contribution in [2.45, 2.75) is 33.3 Å². The third kappa shape index (κ3) is 6.12. The fourth-order valence-corrected chi connectivity index (χ4v) is 3.21. The maximum absolute atomic E-state index is 5.83. The van der Waals surface area contributed by atoms with Crippen molar-refractivity contribution >= 4 is 0 Å². The van der Waals surface area contributed by atoms with Crippen LogP contribution in [0, 0.1) is 5.92 Å². The monoisotopic (exact) mass is 366 g/mol. The number of rotatable bonds is 10. The van der Waals surface area contributed by atoms with Gasteiger partial charge in [0.25, 0.3) is 0 Å². The summed E-state index contributed by atoms with van der Waals surface area (Å²) in [6.07, 6.45) is 1.86. The molecule has 0 aliphatic carbocycles. The number of ether oxygens (including phenoxy) is 2. The molecule has 4 nitrogen and oxygen atoms in total. The molecular weight excluding hydrogens is 336 g/mol. The van der Waals surface area contributed by atoms with E-state index in [4.69, 9.17) is 9.47 Å². The first-order chi connectivity index (χ1) is 13.2. The van der Waals surface area contributed by atoms with Crippen LogP contribution in [0.3, 0.4) is 0 Å². The van der Waals surface area contributed by atoms with E-state index in [1.165, 1.54) is 22.4 Å². The standard InChI is InChI=1S/C23H30N2O2/c1-18(2)23-21(16-24-25-23)15-19-9-11-22(12-10-19)27-14-6-13-26-17-20-7-4-3-5-8-20/h3-5,7-12,18,24-25H,6,13-17H2,1-2H3. The highest BCUT2D eigenvalue weighted by atomic mass is 16.5. The van der Waals surface area contributed by atoms with E-state index >= 15 is 0 Å². The lowest BCUT2D eigenvalue weighted by atomic mass is 9.99. The molecule has 2 aromatic carbocycles. The van der Waals surface area contributed by atoms with Crippen LogP contribution in [-0.2, 0) is 17.8 Å². The van der Waals surface area contributed by atoms with Crippen LogP contribution < -0.4 is 15.6 Å². The molecule has 0 radical (unpaired) electrons. The van der Waals surface area contributed by atoms with Crippen LogP contribution in [0.1, 0.15) is 31.4 Å². The number of hydrazine groups is 1. The van der Waals surface area contributed by atoms with Gasteiger partial charge in [0.15, 0.2) is 0 Å². The molecule has 0 saturated carbocycles. The Bertz CT molecular complexity index is 724. The second-order valence-corrected chi connectivity index (χ2v) is 7.21. The quantitative estimate of drug-likeness (QED) is 0.618. The lowest BCUT2D eigenvalue weighted by Gasteiger charge is -2.11. The van der Waals surface area contributed by atoms with Crippen LogP contribution in [0.4, 0.5) is 0 Å². The second-order valence-electron chi connectivity index (χ2n) is 7.21. The lowest BCUT2D eigenvalue weighted by Crippen LogP contribution is -2.25. The zero-order valence-electron chi connectivity index (χ0n) is 16.3. The van der Waals surface area contributed by atoms with E-state index in [1.807, 2.05) is 18.2 Å². The van der Waals surface area contributed by atoms with Gasteiger partial charge in [0.1, 0.15) is 5.75 Å². The van der Waals surface area contributed by atoms with Gasteiger partial charge in [-0.05, 0) is 41.2 Å². The molecule has 0 aromatic heterocycles. The molecule has 144 valence electrons. The molecule has 0 amide bonds. The van der Waals surface area contributed by atoms with Gasteiger partial charge in [-0.3, -0.25) is 0 Å². The molecule has 0 spiro atoms. The van der Waals surface area contributed by atoms with Crippen LogP contribution >= 0.6 is 0 Å². The molecule has 1 aliphatic rings. The molecule has 4 heteroatoms. The Labute approximate surface area is 162 Å². The Balaban J connectivity index is 1.36. The van der Waals surface area contributed by atoms with Crippen LogP contribution in [0.15, 0.2) is 65.9 Å². The normalized spacial score (nSPS) is 13.9. The summed E-state index contributed by atoms with van der Waals surface area (Å²) in [4.78, 5) is 0. The van der Waals surface area contributed by atoms with Gasteiger partial charge in [-0.15, -0.1) is 0 Å². The molecule has 0 bridgehead atoms. The van der Waals surface area contributed by atoms with Gasteiger partial charge in [0, 0.05) is 18.7 Å². The van der Waals surface area contributed by atoms with E-state index < -0.39 is 0 Å². The van der Waals surface area contributed by atoms with Gasteiger partial charge in [0.05, 0.1) is 19.8 Å². The Morgan fingerprint density at radius 1 is 0.926 bits per heavy atom. The molecule has 27 heavy (non-hydrogen) atoms. The minimum atomic E-state index is 0.515. The smallest absolute Gasteiger partial charge is 0.119 e. The third-order valence-electron chi connectivity index (χ3n) is 4.64. The predicted molar refractivity (Wildman–Crippen MR) is 109 cm³/mol. The molecule has 0 fully saturated rings. The number of hydrogen-bond donors (Lipinski definition) is 2. The van der Waals surface area contributed by atoms with Gasteiger partial charge < -0.3 is 14.9 Å². The fraction of sp³-hybridized carbons (Fsp3) is 0.391. The second kappa shape index (κ2) is 10.1. The van der Waals surface area contributed by atoms with E-state index in [-0.39, 0.29) is 0 Å². The number of nitrogens with one attached hydrogen (secondary N) is 2. The van der Waals surface area contributed by atoms with Crippen LogP contribution in [0.2, 0.25) is 0 Å². The Morgan fingerprint density at radius 3 is 2.44 bits per heavy atom. The van der Waals surface area contributed by atoms with Crippen LogP contribution in [-0.4, -0.2) is 19.8 Å².